The highest BCUT2D eigenvalue weighted by molar-refractivity contribution is 5.75. The third kappa shape index (κ3) is 4.43. The van der Waals surface area contributed by atoms with Crippen LogP contribution in [0, 0.1) is 0 Å². The largest absolute Gasteiger partial charge is 0.356 e. The second kappa shape index (κ2) is 7.59. The van der Waals surface area contributed by atoms with E-state index in [4.69, 9.17) is 5.73 Å². The van der Waals surface area contributed by atoms with Crippen molar-refractivity contribution in [3.8, 4) is 0 Å². The predicted octanol–water partition coefficient (Wildman–Crippen LogP) is 1.65. The van der Waals surface area contributed by atoms with Crippen molar-refractivity contribution in [2.75, 3.05) is 6.54 Å². The molecule has 1 atom stereocenters. The lowest BCUT2D eigenvalue weighted by Crippen LogP contribution is -2.25. The number of hydrogen-bond donors (Lipinski definition) is 2. The molecule has 1 amide bonds. The van der Waals surface area contributed by atoms with Gasteiger partial charge in [0.15, 0.2) is 0 Å². The normalized spacial score (nSPS) is 12.1. The van der Waals surface area contributed by atoms with E-state index in [-0.39, 0.29) is 11.9 Å². The molecule has 0 radical (unpaired) electrons. The number of carbonyl (C=O) groups is 1. The van der Waals surface area contributed by atoms with Crippen molar-refractivity contribution in [1.29, 1.82) is 0 Å². The van der Waals surface area contributed by atoms with Crippen LogP contribution in [0.2, 0.25) is 0 Å². The van der Waals surface area contributed by atoms with E-state index in [1.54, 1.807) is 12.5 Å². The van der Waals surface area contributed by atoms with E-state index >= 15 is 0 Å². The fourth-order valence-corrected chi connectivity index (χ4v) is 2.31. The molecule has 0 aliphatic heterocycles. The molecule has 3 N–H and O–H groups in total. The van der Waals surface area contributed by atoms with Gasteiger partial charge in [-0.05, 0) is 18.9 Å². The Kier molecular flexibility index (Phi) is 5.51. The number of rotatable bonds is 7. The molecule has 112 valence electrons. The Morgan fingerprint density at radius 1 is 1.38 bits per heavy atom. The van der Waals surface area contributed by atoms with Gasteiger partial charge in [0.2, 0.25) is 5.91 Å². The minimum absolute atomic E-state index is 0.0498. The topological polar surface area (TPSA) is 72.9 Å². The van der Waals surface area contributed by atoms with E-state index < -0.39 is 0 Å². The lowest BCUT2D eigenvalue weighted by Gasteiger charge is -2.14. The average molecular weight is 286 g/mol. The Balaban J connectivity index is 1.97. The molecule has 0 aliphatic carbocycles. The minimum atomic E-state index is -0.121. The lowest BCUT2D eigenvalue weighted by atomic mass is 10.0. The highest BCUT2D eigenvalue weighted by atomic mass is 16.1. The van der Waals surface area contributed by atoms with Gasteiger partial charge in [0.25, 0.3) is 0 Å². The minimum Gasteiger partial charge on any atom is -0.356 e. The molecule has 5 heteroatoms. The van der Waals surface area contributed by atoms with Crippen LogP contribution >= 0.6 is 0 Å². The average Bonchev–Trinajstić information content (AvgIpc) is 2.95. The van der Waals surface area contributed by atoms with Crippen molar-refractivity contribution in [2.24, 2.45) is 5.73 Å². The fraction of sp³-hybridized carbons (Fsp3) is 0.375. The molecule has 0 spiro atoms. The van der Waals surface area contributed by atoms with Crippen molar-refractivity contribution in [3.05, 3.63) is 54.1 Å². The number of aromatic nitrogens is 2. The summed E-state index contributed by atoms with van der Waals surface area (Å²) in [5.41, 5.74) is 8.43. The van der Waals surface area contributed by atoms with Gasteiger partial charge < -0.3 is 15.6 Å². The third-order valence-electron chi connectivity index (χ3n) is 3.38. The molecule has 0 bridgehead atoms. The Labute approximate surface area is 125 Å². The van der Waals surface area contributed by atoms with Crippen LogP contribution in [0.4, 0.5) is 0 Å². The van der Waals surface area contributed by atoms with Crippen molar-refractivity contribution >= 4 is 5.91 Å². The molecule has 1 aromatic heterocycles. The Bertz CT molecular complexity index is 565. The van der Waals surface area contributed by atoms with Gasteiger partial charge in [-0.3, -0.25) is 4.79 Å². The summed E-state index contributed by atoms with van der Waals surface area (Å²) in [6.45, 7) is 3.17. The van der Waals surface area contributed by atoms with Crippen LogP contribution in [0.15, 0.2) is 42.9 Å². The highest BCUT2D eigenvalue weighted by Crippen LogP contribution is 2.16. The van der Waals surface area contributed by atoms with E-state index in [9.17, 15) is 4.79 Å². The summed E-state index contributed by atoms with van der Waals surface area (Å²) in [7, 11) is 0. The Morgan fingerprint density at radius 3 is 2.86 bits per heavy atom. The van der Waals surface area contributed by atoms with Gasteiger partial charge in [0.05, 0.1) is 18.1 Å². The number of nitrogens with zero attached hydrogens (tertiary/aromatic N) is 2. The van der Waals surface area contributed by atoms with Gasteiger partial charge in [-0.1, -0.05) is 30.3 Å². The van der Waals surface area contributed by atoms with E-state index in [2.05, 4.69) is 22.4 Å². The van der Waals surface area contributed by atoms with Crippen LogP contribution in [-0.4, -0.2) is 22.0 Å². The molecule has 0 saturated carbocycles. The summed E-state index contributed by atoms with van der Waals surface area (Å²) in [5.74, 6) is 0.0498. The Hall–Kier alpha value is -2.14. The first-order chi connectivity index (χ1) is 10.2. The number of benzene rings is 1. The number of hydrogen-bond acceptors (Lipinski definition) is 3. The molecular formula is C16H22N4O. The second-order valence-corrected chi connectivity index (χ2v) is 5.01. The van der Waals surface area contributed by atoms with Gasteiger partial charge in [-0.25, -0.2) is 4.98 Å². The molecule has 0 aliphatic rings. The number of nitrogens with one attached hydrogen (secondary N) is 1. The standard InChI is InChI=1S/C16H22N4O/c1-2-19-16(21)8-9-20-12-18-11-15(20)14(17)10-13-6-4-3-5-7-13/h3-7,11-12,14H,2,8-10,17H2,1H3,(H,19,21)/t14-/m1/s1. The van der Waals surface area contributed by atoms with Crippen molar-refractivity contribution in [3.63, 3.8) is 0 Å². The van der Waals surface area contributed by atoms with E-state index in [1.807, 2.05) is 29.7 Å². The molecule has 5 nitrogen and oxygen atoms in total. The summed E-state index contributed by atoms with van der Waals surface area (Å²) < 4.78 is 1.96. The first kappa shape index (κ1) is 15.3. The predicted molar refractivity (Wildman–Crippen MR) is 82.6 cm³/mol. The molecule has 1 heterocycles. The van der Waals surface area contributed by atoms with Crippen molar-refractivity contribution < 1.29 is 4.79 Å². The number of imidazole rings is 1. The summed E-state index contributed by atoms with van der Waals surface area (Å²) in [5, 5.41) is 2.79. The number of aryl methyl sites for hydroxylation is 1. The molecular weight excluding hydrogens is 264 g/mol. The summed E-state index contributed by atoms with van der Waals surface area (Å²) >= 11 is 0. The van der Waals surface area contributed by atoms with Gasteiger partial charge in [-0.15, -0.1) is 0 Å². The van der Waals surface area contributed by atoms with Gasteiger partial charge in [-0.2, -0.15) is 0 Å². The molecule has 2 aromatic rings. The van der Waals surface area contributed by atoms with Gasteiger partial charge in [0, 0.05) is 25.7 Å². The maximum Gasteiger partial charge on any atom is 0.221 e. The molecule has 21 heavy (non-hydrogen) atoms. The maximum absolute atomic E-state index is 11.5. The second-order valence-electron chi connectivity index (χ2n) is 5.01. The first-order valence-corrected chi connectivity index (χ1v) is 7.27. The van der Waals surface area contributed by atoms with Crippen LogP contribution in [0.25, 0.3) is 0 Å². The molecule has 0 fully saturated rings. The Morgan fingerprint density at radius 2 is 2.14 bits per heavy atom. The van der Waals surface area contributed by atoms with Crippen molar-refractivity contribution in [2.45, 2.75) is 32.4 Å². The number of amides is 1. The van der Waals surface area contributed by atoms with Crippen LogP contribution in [0.3, 0.4) is 0 Å². The third-order valence-corrected chi connectivity index (χ3v) is 3.38. The monoisotopic (exact) mass is 286 g/mol. The smallest absolute Gasteiger partial charge is 0.221 e. The highest BCUT2D eigenvalue weighted by Gasteiger charge is 2.13. The zero-order valence-corrected chi connectivity index (χ0v) is 12.3. The molecule has 1 aromatic carbocycles. The van der Waals surface area contributed by atoms with Crippen LogP contribution in [0.5, 0.6) is 0 Å². The maximum atomic E-state index is 11.5. The quantitative estimate of drug-likeness (QED) is 0.813. The first-order valence-electron chi connectivity index (χ1n) is 7.27. The van der Waals surface area contributed by atoms with Gasteiger partial charge in [0.1, 0.15) is 0 Å². The fourth-order valence-electron chi connectivity index (χ4n) is 2.31. The molecule has 2 rings (SSSR count). The SMILES string of the molecule is CCNC(=O)CCn1cncc1[C@H](N)Cc1ccccc1. The summed E-state index contributed by atoms with van der Waals surface area (Å²) in [4.78, 5) is 15.7. The van der Waals surface area contributed by atoms with E-state index in [1.165, 1.54) is 5.56 Å². The van der Waals surface area contributed by atoms with Crippen LogP contribution in [-0.2, 0) is 17.8 Å². The number of carbonyl (C=O) groups excluding carboxylic acids is 1. The van der Waals surface area contributed by atoms with Crippen LogP contribution < -0.4 is 11.1 Å². The molecule has 0 saturated heterocycles. The van der Waals surface area contributed by atoms with E-state index in [0.717, 1.165) is 12.1 Å². The van der Waals surface area contributed by atoms with E-state index in [0.29, 0.717) is 19.5 Å². The zero-order chi connectivity index (χ0) is 15.1. The number of nitrogens with two attached hydrogens (primary N) is 1. The van der Waals surface area contributed by atoms with Gasteiger partial charge >= 0.3 is 0 Å². The van der Waals surface area contributed by atoms with Crippen LogP contribution in [0.1, 0.15) is 30.6 Å². The zero-order valence-electron chi connectivity index (χ0n) is 12.3. The van der Waals surface area contributed by atoms with Crippen molar-refractivity contribution in [1.82, 2.24) is 14.9 Å². The summed E-state index contributed by atoms with van der Waals surface area (Å²) in [6.07, 6.45) is 4.72. The lowest BCUT2D eigenvalue weighted by molar-refractivity contribution is -0.121. The summed E-state index contributed by atoms with van der Waals surface area (Å²) in [6, 6.07) is 10.0. The molecule has 0 unspecified atom stereocenters.